The van der Waals surface area contributed by atoms with Gasteiger partial charge in [-0.15, -0.1) is 5.10 Å². The van der Waals surface area contributed by atoms with Crippen LogP contribution in [0.4, 0.5) is 5.82 Å². The fraction of sp³-hybridized carbons (Fsp3) is 0.650. The Morgan fingerprint density at radius 1 is 1.08 bits per heavy atom. The fourth-order valence-corrected chi connectivity index (χ4v) is 4.54. The van der Waals surface area contributed by atoms with E-state index in [-0.39, 0.29) is 0 Å². The molecule has 2 aromatic rings. The summed E-state index contributed by atoms with van der Waals surface area (Å²) in [6, 6.07) is 2.87. The minimum absolute atomic E-state index is 0.586. The first-order chi connectivity index (χ1) is 12.8. The van der Waals surface area contributed by atoms with E-state index in [0.717, 1.165) is 44.8 Å². The van der Waals surface area contributed by atoms with Crippen LogP contribution in [-0.4, -0.2) is 50.8 Å². The van der Waals surface area contributed by atoms with Crippen LogP contribution in [0.1, 0.15) is 48.5 Å². The molecule has 0 N–H and O–H groups in total. The third-order valence-corrected chi connectivity index (χ3v) is 6.33. The highest BCUT2D eigenvalue weighted by Crippen LogP contribution is 2.27. The van der Waals surface area contributed by atoms with Crippen LogP contribution in [0.3, 0.4) is 0 Å². The maximum absolute atomic E-state index is 4.62. The van der Waals surface area contributed by atoms with Crippen molar-refractivity contribution in [2.45, 2.75) is 64.1 Å². The van der Waals surface area contributed by atoms with Crippen molar-refractivity contribution in [2.24, 2.45) is 0 Å². The number of nitrogens with zero attached hydrogens (tertiary/aromatic N) is 6. The van der Waals surface area contributed by atoms with Gasteiger partial charge in [0.2, 0.25) is 0 Å². The van der Waals surface area contributed by atoms with Crippen molar-refractivity contribution in [2.75, 3.05) is 25.0 Å². The van der Waals surface area contributed by atoms with Gasteiger partial charge in [0.05, 0.1) is 11.4 Å². The number of imidazole rings is 1. The Bertz CT molecular complexity index is 792. The summed E-state index contributed by atoms with van der Waals surface area (Å²) in [5.41, 5.74) is 4.01. The molecule has 0 spiro atoms. The molecular weight excluding hydrogens is 324 g/mol. The van der Waals surface area contributed by atoms with Crippen molar-refractivity contribution in [3.05, 3.63) is 35.0 Å². The highest BCUT2D eigenvalue weighted by molar-refractivity contribution is 5.45. The summed E-state index contributed by atoms with van der Waals surface area (Å²) in [6.07, 6.45) is 10.6. The molecule has 1 fully saturated rings. The van der Waals surface area contributed by atoms with Crippen LogP contribution in [0.5, 0.6) is 0 Å². The highest BCUT2D eigenvalue weighted by Gasteiger charge is 2.32. The molecule has 0 saturated carbocycles. The van der Waals surface area contributed by atoms with Gasteiger partial charge < -0.3 is 9.47 Å². The summed E-state index contributed by atoms with van der Waals surface area (Å²) in [5, 5.41) is 8.97. The number of rotatable bonds is 4. The van der Waals surface area contributed by atoms with Gasteiger partial charge in [-0.05, 0) is 57.2 Å². The zero-order chi connectivity index (χ0) is 17.5. The molecule has 1 saturated heterocycles. The van der Waals surface area contributed by atoms with Crippen molar-refractivity contribution >= 4 is 5.82 Å². The lowest BCUT2D eigenvalue weighted by Gasteiger charge is -2.44. The Morgan fingerprint density at radius 2 is 1.92 bits per heavy atom. The average Bonchev–Trinajstić information content (AvgIpc) is 3.03. The van der Waals surface area contributed by atoms with Gasteiger partial charge in [0, 0.05) is 44.8 Å². The van der Waals surface area contributed by atoms with Crippen LogP contribution in [0.15, 0.2) is 12.3 Å². The van der Waals surface area contributed by atoms with Gasteiger partial charge >= 0.3 is 0 Å². The molecule has 1 aliphatic carbocycles. The van der Waals surface area contributed by atoms with E-state index >= 15 is 0 Å². The number of anilines is 1. The van der Waals surface area contributed by atoms with E-state index in [9.17, 15) is 0 Å². The van der Waals surface area contributed by atoms with E-state index in [1.165, 1.54) is 54.9 Å². The minimum atomic E-state index is 0.586. The molecule has 0 atom stereocenters. The lowest BCUT2D eigenvalue weighted by Crippen LogP contribution is -2.58. The van der Waals surface area contributed by atoms with Gasteiger partial charge in [0.1, 0.15) is 5.82 Å². The third-order valence-electron chi connectivity index (χ3n) is 6.33. The van der Waals surface area contributed by atoms with Crippen LogP contribution in [0.2, 0.25) is 0 Å². The van der Waals surface area contributed by atoms with Crippen LogP contribution in [0.25, 0.3) is 0 Å². The molecule has 26 heavy (non-hydrogen) atoms. The molecular formula is C20H28N6. The standard InChI is InChI=1S/C20H28N6/c1-24(12-16-11-21-19-8-4-5-9-26(16)19)17-13-25(14-17)20-10-15-6-2-3-7-18(15)22-23-20/h10-11,17H,2-9,12-14H2,1H3. The summed E-state index contributed by atoms with van der Waals surface area (Å²) in [4.78, 5) is 9.47. The summed E-state index contributed by atoms with van der Waals surface area (Å²) < 4.78 is 2.44. The second-order valence-corrected chi connectivity index (χ2v) is 8.13. The molecule has 0 amide bonds. The number of hydrogen-bond acceptors (Lipinski definition) is 5. The predicted molar refractivity (Wildman–Crippen MR) is 101 cm³/mol. The topological polar surface area (TPSA) is 50.1 Å². The van der Waals surface area contributed by atoms with Crippen molar-refractivity contribution in [1.29, 1.82) is 0 Å². The van der Waals surface area contributed by atoms with Crippen molar-refractivity contribution in [1.82, 2.24) is 24.6 Å². The van der Waals surface area contributed by atoms with Gasteiger partial charge in [-0.1, -0.05) is 0 Å². The molecule has 0 radical (unpaired) electrons. The van der Waals surface area contributed by atoms with Crippen molar-refractivity contribution in [3.8, 4) is 0 Å². The highest BCUT2D eigenvalue weighted by atomic mass is 15.4. The molecule has 0 bridgehead atoms. The lowest BCUT2D eigenvalue weighted by molar-refractivity contribution is 0.191. The monoisotopic (exact) mass is 352 g/mol. The second-order valence-electron chi connectivity index (χ2n) is 8.13. The van der Waals surface area contributed by atoms with E-state index in [4.69, 9.17) is 0 Å². The van der Waals surface area contributed by atoms with Crippen LogP contribution < -0.4 is 4.90 Å². The molecule has 2 aromatic heterocycles. The lowest BCUT2D eigenvalue weighted by atomic mass is 9.96. The molecule has 2 aliphatic heterocycles. The van der Waals surface area contributed by atoms with E-state index in [1.54, 1.807) is 0 Å². The van der Waals surface area contributed by atoms with Crippen molar-refractivity contribution < 1.29 is 0 Å². The van der Waals surface area contributed by atoms with Gasteiger partial charge in [0.25, 0.3) is 0 Å². The molecule has 3 aliphatic rings. The van der Waals surface area contributed by atoms with Crippen LogP contribution >= 0.6 is 0 Å². The van der Waals surface area contributed by atoms with Gasteiger partial charge in [0.15, 0.2) is 5.82 Å². The molecule has 0 aromatic carbocycles. The van der Waals surface area contributed by atoms with Gasteiger partial charge in [-0.3, -0.25) is 4.90 Å². The van der Waals surface area contributed by atoms with E-state index < -0.39 is 0 Å². The normalized spacial score (nSPS) is 20.0. The first-order valence-corrected chi connectivity index (χ1v) is 10.1. The number of likely N-dealkylation sites (N-methyl/N-ethyl adjacent to an activating group) is 1. The Labute approximate surface area is 155 Å². The SMILES string of the molecule is CN(Cc1cnc2n1CCCC2)C1CN(c2cc3c(nn2)CCCC3)C1. The third kappa shape index (κ3) is 2.90. The Morgan fingerprint density at radius 3 is 2.85 bits per heavy atom. The maximum Gasteiger partial charge on any atom is 0.151 e. The first kappa shape index (κ1) is 16.2. The van der Waals surface area contributed by atoms with Gasteiger partial charge in [-0.25, -0.2) is 4.98 Å². The maximum atomic E-state index is 4.62. The Kier molecular flexibility index (Phi) is 4.15. The molecule has 0 unspecified atom stereocenters. The van der Waals surface area contributed by atoms with Crippen LogP contribution in [-0.2, 0) is 32.4 Å². The number of aryl methyl sites for hydroxylation is 3. The quantitative estimate of drug-likeness (QED) is 0.844. The zero-order valence-corrected chi connectivity index (χ0v) is 15.7. The van der Waals surface area contributed by atoms with Gasteiger partial charge in [-0.2, -0.15) is 5.10 Å². The number of fused-ring (bicyclic) bond motifs is 2. The summed E-state index contributed by atoms with van der Waals surface area (Å²) >= 11 is 0. The fourth-order valence-electron chi connectivity index (χ4n) is 4.54. The van der Waals surface area contributed by atoms with Crippen molar-refractivity contribution in [3.63, 3.8) is 0 Å². The Balaban J connectivity index is 1.21. The van der Waals surface area contributed by atoms with E-state index in [1.807, 2.05) is 0 Å². The molecule has 138 valence electrons. The molecule has 6 nitrogen and oxygen atoms in total. The summed E-state index contributed by atoms with van der Waals surface area (Å²) in [5.74, 6) is 2.34. The molecule has 4 heterocycles. The van der Waals surface area contributed by atoms with E-state index in [0.29, 0.717) is 6.04 Å². The largest absolute Gasteiger partial charge is 0.352 e. The Hall–Kier alpha value is -1.95. The summed E-state index contributed by atoms with van der Waals surface area (Å²) in [6.45, 7) is 4.22. The smallest absolute Gasteiger partial charge is 0.151 e. The number of hydrogen-bond donors (Lipinski definition) is 0. The van der Waals surface area contributed by atoms with E-state index in [2.05, 4.69) is 48.9 Å². The summed E-state index contributed by atoms with van der Waals surface area (Å²) in [7, 11) is 2.24. The van der Waals surface area contributed by atoms with Crippen LogP contribution in [0, 0.1) is 0 Å². The predicted octanol–water partition coefficient (Wildman–Crippen LogP) is 2.21. The number of aromatic nitrogens is 4. The first-order valence-electron chi connectivity index (χ1n) is 10.1. The average molecular weight is 352 g/mol. The zero-order valence-electron chi connectivity index (χ0n) is 15.7. The second kappa shape index (κ2) is 6.65. The minimum Gasteiger partial charge on any atom is -0.352 e. The molecule has 6 heteroatoms. The molecule has 5 rings (SSSR count).